The van der Waals surface area contributed by atoms with E-state index in [9.17, 15) is 19.8 Å². The summed E-state index contributed by atoms with van der Waals surface area (Å²) in [6.45, 7) is 4.22. The molecule has 0 unspecified atom stereocenters. The van der Waals surface area contributed by atoms with E-state index < -0.39 is 46.6 Å². The molecule has 3 N–H and O–H groups in total. The van der Waals surface area contributed by atoms with Crippen LogP contribution in [0.1, 0.15) is 50.8 Å². The first kappa shape index (κ1) is 29.6. The first-order chi connectivity index (χ1) is 22.3. The highest BCUT2D eigenvalue weighted by Gasteiger charge is 2.65. The van der Waals surface area contributed by atoms with Gasteiger partial charge in [-0.3, -0.25) is 9.59 Å². The number of ether oxygens (including phenoxy) is 2. The molecule has 4 atom stereocenters. The van der Waals surface area contributed by atoms with E-state index in [1.165, 1.54) is 12.1 Å². The number of nitrogens with zero attached hydrogens (tertiary/aromatic N) is 1. The predicted octanol–water partition coefficient (Wildman–Crippen LogP) is 5.45. The number of nitrogens with one attached hydrogen (secondary N) is 1. The van der Waals surface area contributed by atoms with Gasteiger partial charge in [-0.25, -0.2) is 4.39 Å². The number of carbonyl (C=O) groups is 2. The van der Waals surface area contributed by atoms with Crippen molar-refractivity contribution in [2.24, 2.45) is 11.8 Å². The number of Topliss-reactive ketones (excluding diaryl/α,β-unsaturated/α-hetero) is 2. The van der Waals surface area contributed by atoms with Gasteiger partial charge in [0.15, 0.2) is 11.4 Å². The Hall–Kier alpha value is -5.06. The lowest BCUT2D eigenvalue weighted by atomic mass is 9.57. The van der Waals surface area contributed by atoms with Crippen molar-refractivity contribution in [2.45, 2.75) is 37.7 Å². The van der Waals surface area contributed by atoms with Crippen LogP contribution in [-0.2, 0) is 24.4 Å². The number of ketones is 2. The highest BCUT2D eigenvalue weighted by atomic mass is 19.1. The van der Waals surface area contributed by atoms with Crippen LogP contribution in [0, 0.1) is 17.7 Å². The summed E-state index contributed by atoms with van der Waals surface area (Å²) in [5, 5.41) is 31.1. The molecule has 3 aromatic carbocycles. The summed E-state index contributed by atoms with van der Waals surface area (Å²) in [6.07, 6.45) is 1.72. The Balaban J connectivity index is 1.29. The molecule has 3 aliphatic carbocycles. The Labute approximate surface area is 263 Å². The molecular formula is C36H31FN2O7. The second-order valence-electron chi connectivity index (χ2n) is 11.8. The molecule has 46 heavy (non-hydrogen) atoms. The van der Waals surface area contributed by atoms with E-state index in [2.05, 4.69) is 17.1 Å². The number of hydrogen-bond donors (Lipinski definition) is 3. The van der Waals surface area contributed by atoms with Gasteiger partial charge in [0.1, 0.15) is 36.1 Å². The molecule has 0 saturated heterocycles. The van der Waals surface area contributed by atoms with E-state index >= 15 is 4.39 Å². The highest BCUT2D eigenvalue weighted by Crippen LogP contribution is 2.55. The molecule has 3 aliphatic rings. The van der Waals surface area contributed by atoms with Crippen LogP contribution in [0.2, 0.25) is 0 Å². The minimum absolute atomic E-state index is 0.0414. The fraction of sp³-hybridized carbons (Fsp3) is 0.250. The molecule has 9 nitrogen and oxygen atoms in total. The summed E-state index contributed by atoms with van der Waals surface area (Å²) >= 11 is 0. The van der Waals surface area contributed by atoms with Gasteiger partial charge >= 0.3 is 0 Å². The molecule has 0 amide bonds. The van der Waals surface area contributed by atoms with Gasteiger partial charge in [-0.1, -0.05) is 66.7 Å². The molecule has 4 aromatic rings. The number of aromatic nitrogens is 1. The SMILES string of the molecule is C=CCN[C@@H]1c2onc(OCc3ccccc3)c2C(=O)[C@@]2(O)C(=O)C3=C(O)c4c(OCc5ccccc5)ccc(F)c4C[C@H]3C[C@@H]12. The van der Waals surface area contributed by atoms with Crippen molar-refractivity contribution in [3.8, 4) is 11.6 Å². The van der Waals surface area contributed by atoms with Crippen LogP contribution in [-0.4, -0.2) is 39.1 Å². The zero-order chi connectivity index (χ0) is 32.0. The highest BCUT2D eigenvalue weighted by molar-refractivity contribution is 6.26. The quantitative estimate of drug-likeness (QED) is 0.165. The van der Waals surface area contributed by atoms with Gasteiger partial charge in [-0.05, 0) is 47.2 Å². The van der Waals surface area contributed by atoms with Crippen molar-refractivity contribution >= 4 is 17.3 Å². The van der Waals surface area contributed by atoms with Crippen molar-refractivity contribution in [1.82, 2.24) is 10.5 Å². The fourth-order valence-electron chi connectivity index (χ4n) is 6.94. The molecular weight excluding hydrogens is 591 g/mol. The van der Waals surface area contributed by atoms with Crippen LogP contribution in [0.25, 0.3) is 5.76 Å². The van der Waals surface area contributed by atoms with Gasteiger partial charge in [0.05, 0.1) is 11.6 Å². The second-order valence-corrected chi connectivity index (χ2v) is 11.8. The van der Waals surface area contributed by atoms with Gasteiger partial charge in [0.2, 0.25) is 11.6 Å². The number of rotatable bonds is 9. The van der Waals surface area contributed by atoms with Gasteiger partial charge in [0.25, 0.3) is 5.88 Å². The Kier molecular flexibility index (Phi) is 7.54. The van der Waals surface area contributed by atoms with Crippen molar-refractivity contribution in [1.29, 1.82) is 0 Å². The topological polar surface area (TPSA) is 131 Å². The lowest BCUT2D eigenvalue weighted by molar-refractivity contribution is -0.140. The van der Waals surface area contributed by atoms with Crippen molar-refractivity contribution in [2.75, 3.05) is 6.54 Å². The summed E-state index contributed by atoms with van der Waals surface area (Å²) in [6, 6.07) is 20.4. The first-order valence-corrected chi connectivity index (χ1v) is 15.1. The van der Waals surface area contributed by atoms with Gasteiger partial charge < -0.3 is 29.5 Å². The maximum atomic E-state index is 15.3. The molecule has 1 heterocycles. The molecule has 1 saturated carbocycles. The summed E-state index contributed by atoms with van der Waals surface area (Å²) in [7, 11) is 0. The number of aliphatic hydroxyl groups is 2. The van der Waals surface area contributed by atoms with E-state index in [1.807, 2.05) is 60.7 Å². The molecule has 0 spiro atoms. The molecule has 234 valence electrons. The average Bonchev–Trinajstić information content (AvgIpc) is 3.50. The largest absolute Gasteiger partial charge is 0.507 e. The van der Waals surface area contributed by atoms with Crippen molar-refractivity contribution < 1.29 is 38.2 Å². The second kappa shape index (κ2) is 11.7. The number of carbonyl (C=O) groups excluding carboxylic acids is 2. The summed E-state index contributed by atoms with van der Waals surface area (Å²) < 4.78 is 32.8. The van der Waals surface area contributed by atoms with Gasteiger partial charge in [0, 0.05) is 23.6 Å². The van der Waals surface area contributed by atoms with Crippen LogP contribution < -0.4 is 14.8 Å². The average molecular weight is 623 g/mol. The molecule has 0 bridgehead atoms. The Morgan fingerprint density at radius 1 is 0.978 bits per heavy atom. The van der Waals surface area contributed by atoms with Crippen LogP contribution in [0.4, 0.5) is 4.39 Å². The summed E-state index contributed by atoms with van der Waals surface area (Å²) in [5.74, 6) is -4.49. The number of aliphatic hydroxyl groups excluding tert-OH is 1. The number of benzene rings is 3. The first-order valence-electron chi connectivity index (χ1n) is 15.1. The van der Waals surface area contributed by atoms with Crippen LogP contribution in [0.5, 0.6) is 11.6 Å². The molecule has 1 aromatic heterocycles. The number of halogens is 1. The molecule has 0 aliphatic heterocycles. The zero-order valence-corrected chi connectivity index (χ0v) is 24.7. The van der Waals surface area contributed by atoms with E-state index in [-0.39, 0.29) is 72.3 Å². The predicted molar refractivity (Wildman–Crippen MR) is 165 cm³/mol. The maximum absolute atomic E-state index is 15.3. The third kappa shape index (κ3) is 4.72. The summed E-state index contributed by atoms with van der Waals surface area (Å²) in [4.78, 5) is 28.6. The Morgan fingerprint density at radius 2 is 1.65 bits per heavy atom. The Morgan fingerprint density at radius 3 is 2.33 bits per heavy atom. The molecule has 7 rings (SSSR count). The smallest absolute Gasteiger partial charge is 0.265 e. The molecule has 0 radical (unpaired) electrons. The van der Waals surface area contributed by atoms with Gasteiger partial charge in [-0.15, -0.1) is 6.58 Å². The van der Waals surface area contributed by atoms with E-state index in [1.54, 1.807) is 6.08 Å². The number of hydrogen-bond acceptors (Lipinski definition) is 9. The van der Waals surface area contributed by atoms with Crippen molar-refractivity contribution in [3.05, 3.63) is 130 Å². The maximum Gasteiger partial charge on any atom is 0.265 e. The monoisotopic (exact) mass is 622 g/mol. The lowest BCUT2D eigenvalue weighted by Gasteiger charge is -2.48. The molecule has 10 heteroatoms. The van der Waals surface area contributed by atoms with Crippen LogP contribution >= 0.6 is 0 Å². The van der Waals surface area contributed by atoms with E-state index in [0.717, 1.165) is 11.1 Å². The third-order valence-corrected chi connectivity index (χ3v) is 9.12. The van der Waals surface area contributed by atoms with Crippen molar-refractivity contribution in [3.63, 3.8) is 0 Å². The standard InChI is InChI=1S/C36H31FN2O7/c1-2-15-38-30-24-17-22-16-23-25(37)13-14-26(44-18-20-9-5-3-6-10-20)28(23)31(40)27(22)33(41)36(24,43)34(42)29-32(30)46-39-35(29)45-19-21-11-7-4-8-12-21/h2-14,22,24,30,38,40,43H,1,15-19H2/t22-,24-,30-,36-/m0/s1. The summed E-state index contributed by atoms with van der Waals surface area (Å²) in [5.41, 5.74) is -0.957. The minimum Gasteiger partial charge on any atom is -0.507 e. The normalized spacial score (nSPS) is 23.2. The van der Waals surface area contributed by atoms with Gasteiger partial charge in [-0.2, -0.15) is 0 Å². The fourth-order valence-corrected chi connectivity index (χ4v) is 6.94. The molecule has 1 fully saturated rings. The van der Waals surface area contributed by atoms with Crippen LogP contribution in [0.3, 0.4) is 0 Å². The van der Waals surface area contributed by atoms with E-state index in [0.29, 0.717) is 0 Å². The number of fused-ring (bicyclic) bond motifs is 4. The minimum atomic E-state index is -2.59. The van der Waals surface area contributed by atoms with E-state index in [4.69, 9.17) is 14.0 Å². The van der Waals surface area contributed by atoms with Crippen LogP contribution in [0.15, 0.2) is 95.5 Å². The zero-order valence-electron chi connectivity index (χ0n) is 24.7. The Bertz CT molecular complexity index is 1870. The lowest BCUT2D eigenvalue weighted by Crippen LogP contribution is -2.63. The third-order valence-electron chi connectivity index (χ3n) is 9.12.